The lowest BCUT2D eigenvalue weighted by Gasteiger charge is -2.44. The summed E-state index contributed by atoms with van der Waals surface area (Å²) in [7, 11) is -18.6. The Morgan fingerprint density at radius 2 is 1.44 bits per heavy atom. The molecular weight excluding hydrogens is 770 g/mol. The van der Waals surface area contributed by atoms with Crippen LogP contribution in [0.2, 0.25) is 36.3 Å². The summed E-state index contributed by atoms with van der Waals surface area (Å²) >= 11 is 0. The molecule has 1 aliphatic heterocycles. The van der Waals surface area contributed by atoms with Crippen molar-refractivity contribution in [1.82, 2.24) is 9.55 Å². The Balaban J connectivity index is 2.69. The minimum absolute atomic E-state index is 0.0357. The van der Waals surface area contributed by atoms with Crippen molar-refractivity contribution in [1.29, 1.82) is 0 Å². The second-order valence-corrected chi connectivity index (χ2v) is 33.0. The van der Waals surface area contributed by atoms with Gasteiger partial charge in [-0.3, -0.25) is 13.9 Å². The lowest BCUT2D eigenvalue weighted by atomic mass is 10.1. The minimum atomic E-state index is -4.54. The second-order valence-electron chi connectivity index (χ2n) is 16.8. The predicted octanol–water partition coefficient (Wildman–Crippen LogP) is 6.18. The van der Waals surface area contributed by atoms with Crippen molar-refractivity contribution in [3.05, 3.63) is 34.2 Å². The Kier molecular flexibility index (Phi) is 14.9. The monoisotopic (exact) mass is 829 g/mol. The van der Waals surface area contributed by atoms with Crippen LogP contribution in [0.15, 0.2) is 28.5 Å². The van der Waals surface area contributed by atoms with Crippen LogP contribution < -0.4 is 11.0 Å². The smallest absolute Gasteiger partial charge is 0.351 e. The van der Waals surface area contributed by atoms with Gasteiger partial charge in [0, 0.05) is 18.5 Å². The SMILES string of the molecule is CC(=O)Nc1ccn([C@@H]2O[C@H](/C=C/S(=O)(=O)CS(=O)(=O)CP(=O)(OC(C)C)OC(C)C)[C@@H](O[Si](C)(C)C(C)(C)C)[C@H]2O[Si](C)(C)C(C)(C)C)c(=O)n1. The van der Waals surface area contributed by atoms with Crippen LogP contribution in [-0.4, -0.2) is 90.0 Å². The van der Waals surface area contributed by atoms with Crippen LogP contribution in [0, 0.1) is 0 Å². The van der Waals surface area contributed by atoms with E-state index >= 15 is 0 Å². The van der Waals surface area contributed by atoms with Gasteiger partial charge in [-0.1, -0.05) is 41.5 Å². The van der Waals surface area contributed by atoms with Crippen LogP contribution in [0.5, 0.6) is 0 Å². The third-order valence-electron chi connectivity index (χ3n) is 9.02. The molecule has 0 aliphatic carbocycles. The molecular formula is C32H60N3O12PS2Si2. The Morgan fingerprint density at radius 1 is 0.962 bits per heavy atom. The molecule has 20 heteroatoms. The van der Waals surface area contributed by atoms with Crippen LogP contribution in [0.25, 0.3) is 0 Å². The zero-order valence-corrected chi connectivity index (χ0v) is 37.8. The van der Waals surface area contributed by atoms with E-state index in [4.69, 9.17) is 22.6 Å². The molecule has 2 rings (SSSR count). The summed E-state index contributed by atoms with van der Waals surface area (Å²) in [6.45, 7) is 27.9. The molecule has 52 heavy (non-hydrogen) atoms. The number of anilines is 1. The van der Waals surface area contributed by atoms with Crippen LogP contribution in [0.3, 0.4) is 0 Å². The van der Waals surface area contributed by atoms with E-state index in [2.05, 4.69) is 10.3 Å². The highest BCUT2D eigenvalue weighted by Gasteiger charge is 2.54. The molecule has 1 aromatic rings. The molecule has 0 spiro atoms. The molecule has 0 bridgehead atoms. The Labute approximate surface area is 312 Å². The lowest BCUT2D eigenvalue weighted by molar-refractivity contribution is -0.114. The van der Waals surface area contributed by atoms with Gasteiger partial charge in [0.25, 0.3) is 0 Å². The van der Waals surface area contributed by atoms with Gasteiger partial charge < -0.3 is 28.0 Å². The first-order chi connectivity index (χ1) is 23.2. The van der Waals surface area contributed by atoms with E-state index in [-0.39, 0.29) is 15.9 Å². The van der Waals surface area contributed by atoms with Gasteiger partial charge in [-0.15, -0.1) is 0 Å². The van der Waals surface area contributed by atoms with Crippen molar-refractivity contribution < 1.29 is 48.8 Å². The fraction of sp³-hybridized carbons (Fsp3) is 0.781. The van der Waals surface area contributed by atoms with Crippen LogP contribution in [0.1, 0.15) is 82.4 Å². The van der Waals surface area contributed by atoms with Crippen molar-refractivity contribution >= 4 is 55.6 Å². The van der Waals surface area contributed by atoms with E-state index in [0.717, 1.165) is 5.41 Å². The van der Waals surface area contributed by atoms with E-state index in [1.165, 1.54) is 29.8 Å². The summed E-state index contributed by atoms with van der Waals surface area (Å²) in [5.41, 5.74) is -1.89. The number of nitrogens with zero attached hydrogens (tertiary/aromatic N) is 2. The van der Waals surface area contributed by atoms with E-state index in [9.17, 15) is 31.0 Å². The number of amides is 1. The number of sulfone groups is 2. The highest BCUT2D eigenvalue weighted by atomic mass is 32.3. The van der Waals surface area contributed by atoms with Crippen molar-refractivity contribution in [3.63, 3.8) is 0 Å². The molecule has 300 valence electrons. The molecule has 1 aromatic heterocycles. The maximum absolute atomic E-state index is 13.4. The van der Waals surface area contributed by atoms with E-state index < -0.39 is 103 Å². The zero-order valence-electron chi connectivity index (χ0n) is 33.2. The molecule has 0 saturated carbocycles. The van der Waals surface area contributed by atoms with Gasteiger partial charge in [0.2, 0.25) is 5.91 Å². The first-order valence-corrected chi connectivity index (χ1v) is 28.2. The van der Waals surface area contributed by atoms with Crippen LogP contribution in [-0.2, 0) is 51.7 Å². The summed E-state index contributed by atoms with van der Waals surface area (Å²) < 4.78 is 98.6. The summed E-state index contributed by atoms with van der Waals surface area (Å²) in [5, 5.41) is 1.25. The number of hydrogen-bond donors (Lipinski definition) is 1. The molecule has 0 aromatic carbocycles. The molecule has 1 N–H and O–H groups in total. The first-order valence-electron chi connectivity index (χ1n) is 17.1. The largest absolute Gasteiger partial charge is 0.408 e. The highest BCUT2D eigenvalue weighted by Crippen LogP contribution is 2.52. The third kappa shape index (κ3) is 13.0. The predicted molar refractivity (Wildman–Crippen MR) is 208 cm³/mol. The average molecular weight is 830 g/mol. The lowest BCUT2D eigenvalue weighted by Crippen LogP contribution is -2.53. The second kappa shape index (κ2) is 16.7. The average Bonchev–Trinajstić information content (AvgIpc) is 3.19. The molecule has 15 nitrogen and oxygen atoms in total. The number of carbonyl (C=O) groups is 1. The number of rotatable bonds is 16. The summed E-state index contributed by atoms with van der Waals surface area (Å²) in [6.07, 6.45) is -2.85. The molecule has 1 fully saturated rings. The van der Waals surface area contributed by atoms with Crippen molar-refractivity contribution in [2.75, 3.05) is 15.9 Å². The normalized spacial score (nSPS) is 21.4. The Morgan fingerprint density at radius 3 is 1.87 bits per heavy atom. The summed E-state index contributed by atoms with van der Waals surface area (Å²) in [5.74, 6) is -0.381. The maximum atomic E-state index is 13.4. The molecule has 1 amide bonds. The van der Waals surface area contributed by atoms with Crippen molar-refractivity contribution in [2.45, 2.75) is 149 Å². The van der Waals surface area contributed by atoms with Gasteiger partial charge >= 0.3 is 13.3 Å². The van der Waals surface area contributed by atoms with Gasteiger partial charge in [-0.25, -0.2) is 21.6 Å². The minimum Gasteiger partial charge on any atom is -0.408 e. The molecule has 4 atom stereocenters. The standard InChI is InChI=1S/C32H60N3O12PS2Si2/c1-22(2)44-48(38,45-23(3)4)20-50(41,42)21-49(39,40)19-17-25-27(46-51(12,13)31(6,7)8)28(47-52(14,15)32(9,10)11)29(43-25)35-18-16-26(33-24(5)36)34-30(35)37/h16-19,22-23,25,27-29H,20-21H2,1-15H3,(H,33,34,36,37)/b19-17+/t25-,27-,28-,29-/m1/s1. The fourth-order valence-corrected chi connectivity index (χ4v) is 14.7. The highest BCUT2D eigenvalue weighted by molar-refractivity contribution is 8.11. The number of ether oxygens (including phenoxy) is 1. The summed E-state index contributed by atoms with van der Waals surface area (Å²) in [6, 6.07) is 1.43. The van der Waals surface area contributed by atoms with E-state index in [1.54, 1.807) is 27.7 Å². The number of nitrogens with one attached hydrogen (secondary N) is 1. The Bertz CT molecular complexity index is 1770. The summed E-state index contributed by atoms with van der Waals surface area (Å²) in [4.78, 5) is 29.0. The number of carbonyl (C=O) groups excluding carboxylic acids is 1. The van der Waals surface area contributed by atoms with Crippen LogP contribution >= 0.6 is 7.60 Å². The molecule has 1 aliphatic rings. The number of aromatic nitrogens is 2. The van der Waals surface area contributed by atoms with Gasteiger partial charge in [0.05, 0.1) is 12.2 Å². The number of hydrogen-bond acceptors (Lipinski definition) is 13. The van der Waals surface area contributed by atoms with Crippen molar-refractivity contribution in [3.8, 4) is 0 Å². The maximum Gasteiger partial charge on any atom is 0.351 e. The van der Waals surface area contributed by atoms with Gasteiger partial charge in [-0.05, 0) is 76.1 Å². The molecule has 0 radical (unpaired) electrons. The van der Waals surface area contributed by atoms with Gasteiger partial charge in [0.1, 0.15) is 24.1 Å². The van der Waals surface area contributed by atoms with Gasteiger partial charge in [-0.2, -0.15) is 4.98 Å². The Hall–Kier alpha value is -1.55. The molecule has 0 unspecified atom stereocenters. The molecule has 1 saturated heterocycles. The fourth-order valence-electron chi connectivity index (χ4n) is 4.69. The first kappa shape index (κ1) is 46.6. The van der Waals surface area contributed by atoms with Crippen LogP contribution in [0.4, 0.5) is 5.82 Å². The van der Waals surface area contributed by atoms with E-state index in [0.29, 0.717) is 0 Å². The zero-order chi connectivity index (χ0) is 40.5. The molecule has 2 heterocycles. The van der Waals surface area contributed by atoms with Gasteiger partial charge in [0.15, 0.2) is 53.1 Å². The van der Waals surface area contributed by atoms with Crippen molar-refractivity contribution in [2.24, 2.45) is 0 Å². The topological polar surface area (TPSA) is 195 Å². The van der Waals surface area contributed by atoms with E-state index in [1.807, 2.05) is 67.7 Å². The quantitative estimate of drug-likeness (QED) is 0.147. The third-order valence-corrected chi connectivity index (χ3v) is 25.6.